The van der Waals surface area contributed by atoms with Gasteiger partial charge in [-0.15, -0.1) is 24.8 Å². The zero-order valence-corrected chi connectivity index (χ0v) is 14.1. The van der Waals surface area contributed by atoms with Gasteiger partial charge in [0.05, 0.1) is 16.9 Å². The van der Waals surface area contributed by atoms with Crippen molar-refractivity contribution >= 4 is 42.1 Å². The van der Waals surface area contributed by atoms with Crippen molar-refractivity contribution in [1.29, 1.82) is 0 Å². The number of nitrogens with two attached hydrogens (primary N) is 2. The Bertz CT molecular complexity index is 611. The Morgan fingerprint density at radius 2 is 1.95 bits per heavy atom. The number of rotatable bonds is 4. The number of aromatic nitrogens is 1. The van der Waals surface area contributed by atoms with Crippen molar-refractivity contribution in [3.8, 4) is 11.6 Å². The highest BCUT2D eigenvalue weighted by Crippen LogP contribution is 2.35. The van der Waals surface area contributed by atoms with Crippen molar-refractivity contribution in [3.05, 3.63) is 46.9 Å². The Morgan fingerprint density at radius 1 is 1.27 bits per heavy atom. The van der Waals surface area contributed by atoms with Crippen molar-refractivity contribution < 1.29 is 9.13 Å². The van der Waals surface area contributed by atoms with E-state index in [1.807, 2.05) is 6.92 Å². The van der Waals surface area contributed by atoms with E-state index in [1.165, 1.54) is 12.3 Å². The normalized spacial score (nSPS) is 11.1. The van der Waals surface area contributed by atoms with E-state index in [0.29, 0.717) is 17.7 Å². The minimum Gasteiger partial charge on any atom is -0.434 e. The molecule has 1 aromatic carbocycles. The fourth-order valence-electron chi connectivity index (χ4n) is 1.70. The summed E-state index contributed by atoms with van der Waals surface area (Å²) in [4.78, 5) is 3.95. The summed E-state index contributed by atoms with van der Waals surface area (Å²) >= 11 is 5.97. The van der Waals surface area contributed by atoms with E-state index in [4.69, 9.17) is 27.8 Å². The Labute approximate surface area is 145 Å². The lowest BCUT2D eigenvalue weighted by molar-refractivity contribution is 0.421. The van der Waals surface area contributed by atoms with Crippen LogP contribution in [0.4, 0.5) is 10.1 Å². The first kappa shape index (κ1) is 20.7. The van der Waals surface area contributed by atoms with Crippen LogP contribution >= 0.6 is 36.4 Å². The minimum atomic E-state index is -0.564. The summed E-state index contributed by atoms with van der Waals surface area (Å²) in [6, 6.07) is 5.86. The number of nitrogen functional groups attached to an aromatic ring is 1. The van der Waals surface area contributed by atoms with Crippen molar-refractivity contribution in [2.24, 2.45) is 5.73 Å². The smallest absolute Gasteiger partial charge is 0.219 e. The van der Waals surface area contributed by atoms with Gasteiger partial charge in [0.1, 0.15) is 0 Å². The fraction of sp³-hybridized carbons (Fsp3) is 0.214. The van der Waals surface area contributed by atoms with Gasteiger partial charge >= 0.3 is 0 Å². The van der Waals surface area contributed by atoms with Crippen LogP contribution in [0.15, 0.2) is 30.5 Å². The Morgan fingerprint density at radius 3 is 2.50 bits per heavy atom. The van der Waals surface area contributed by atoms with Gasteiger partial charge in [0, 0.05) is 17.7 Å². The summed E-state index contributed by atoms with van der Waals surface area (Å²) in [7, 11) is 0. The van der Waals surface area contributed by atoms with E-state index in [2.05, 4.69) is 4.98 Å². The van der Waals surface area contributed by atoms with E-state index >= 15 is 0 Å². The molecule has 2 rings (SSSR count). The van der Waals surface area contributed by atoms with Crippen LogP contribution in [0.25, 0.3) is 0 Å². The van der Waals surface area contributed by atoms with E-state index in [-0.39, 0.29) is 41.5 Å². The molecular formula is C14H17Cl3FN3O. The number of pyridine rings is 1. The van der Waals surface area contributed by atoms with Gasteiger partial charge in [-0.05, 0) is 18.6 Å². The first-order valence-corrected chi connectivity index (χ1v) is 6.53. The predicted molar refractivity (Wildman–Crippen MR) is 91.8 cm³/mol. The number of nitrogens with zero attached hydrogens (tertiary/aromatic N) is 1. The highest BCUT2D eigenvalue weighted by molar-refractivity contribution is 6.32. The van der Waals surface area contributed by atoms with Gasteiger partial charge in [-0.1, -0.05) is 24.6 Å². The molecule has 1 atom stereocenters. The fourth-order valence-corrected chi connectivity index (χ4v) is 1.89. The molecule has 8 heteroatoms. The largest absolute Gasteiger partial charge is 0.434 e. The summed E-state index contributed by atoms with van der Waals surface area (Å²) in [5.74, 6) is -0.432. The summed E-state index contributed by atoms with van der Waals surface area (Å²) in [6.45, 7) is 1.88. The quantitative estimate of drug-likeness (QED) is 0.833. The molecule has 2 aromatic rings. The maximum Gasteiger partial charge on any atom is 0.219 e. The topological polar surface area (TPSA) is 74.2 Å². The number of halogens is 4. The van der Waals surface area contributed by atoms with Crippen molar-refractivity contribution in [3.63, 3.8) is 0 Å². The number of ether oxygens (including phenoxy) is 1. The lowest BCUT2D eigenvalue weighted by atomic mass is 10.0. The summed E-state index contributed by atoms with van der Waals surface area (Å²) in [5, 5.41) is 0.160. The van der Waals surface area contributed by atoms with Gasteiger partial charge in [0.15, 0.2) is 11.6 Å². The molecule has 0 aliphatic rings. The van der Waals surface area contributed by atoms with Gasteiger partial charge in [0.2, 0.25) is 5.88 Å². The SMILES string of the molecule is CC[C@@H](N)c1ccc(Cl)c(Oc2ccc(N)cn2)c1F.Cl.Cl. The zero-order valence-electron chi connectivity index (χ0n) is 11.8. The van der Waals surface area contributed by atoms with Crippen LogP contribution in [0.5, 0.6) is 11.6 Å². The van der Waals surface area contributed by atoms with Crippen LogP contribution in [0.2, 0.25) is 5.02 Å². The highest BCUT2D eigenvalue weighted by atomic mass is 35.5. The molecule has 0 radical (unpaired) electrons. The summed E-state index contributed by atoms with van der Waals surface area (Å²) < 4.78 is 19.8. The molecular weight excluding hydrogens is 352 g/mol. The third-order valence-electron chi connectivity index (χ3n) is 2.88. The Kier molecular flexibility index (Phi) is 8.48. The molecule has 0 fully saturated rings. The molecule has 0 amide bonds. The van der Waals surface area contributed by atoms with Crippen LogP contribution in [0.3, 0.4) is 0 Å². The second-order valence-corrected chi connectivity index (χ2v) is 4.73. The second-order valence-electron chi connectivity index (χ2n) is 4.33. The maximum absolute atomic E-state index is 14.4. The van der Waals surface area contributed by atoms with Gasteiger partial charge in [-0.25, -0.2) is 9.37 Å². The standard InChI is InChI=1S/C14H15ClFN3O.2ClH/c1-2-11(18)9-4-5-10(15)14(13(9)16)20-12-6-3-8(17)7-19-12;;/h3-7,11H,2,17-18H2,1H3;2*1H/t11-;;/m1../s1. The molecule has 0 saturated heterocycles. The second kappa shape index (κ2) is 9.00. The monoisotopic (exact) mass is 367 g/mol. The van der Waals surface area contributed by atoms with Crippen molar-refractivity contribution in [1.82, 2.24) is 4.98 Å². The third kappa shape index (κ3) is 4.61. The van der Waals surface area contributed by atoms with Crippen LogP contribution in [0, 0.1) is 5.82 Å². The zero-order chi connectivity index (χ0) is 14.7. The third-order valence-corrected chi connectivity index (χ3v) is 3.18. The average molecular weight is 369 g/mol. The molecule has 4 nitrogen and oxygen atoms in total. The number of benzene rings is 1. The van der Waals surface area contributed by atoms with Gasteiger partial charge in [0.25, 0.3) is 0 Å². The first-order valence-electron chi connectivity index (χ1n) is 6.15. The van der Waals surface area contributed by atoms with E-state index < -0.39 is 11.9 Å². The van der Waals surface area contributed by atoms with E-state index in [1.54, 1.807) is 18.2 Å². The molecule has 0 aliphatic carbocycles. The number of hydrogen-bond donors (Lipinski definition) is 2. The van der Waals surface area contributed by atoms with Crippen LogP contribution < -0.4 is 16.2 Å². The Hall–Kier alpha value is -1.27. The minimum absolute atomic E-state index is 0. The molecule has 4 N–H and O–H groups in total. The van der Waals surface area contributed by atoms with Gasteiger partial charge in [-0.2, -0.15) is 0 Å². The number of hydrogen-bond acceptors (Lipinski definition) is 4. The molecule has 122 valence electrons. The van der Waals surface area contributed by atoms with Crippen molar-refractivity contribution in [2.75, 3.05) is 5.73 Å². The maximum atomic E-state index is 14.4. The average Bonchev–Trinajstić information content (AvgIpc) is 2.45. The first-order chi connectivity index (χ1) is 9.52. The van der Waals surface area contributed by atoms with Crippen LogP contribution in [0.1, 0.15) is 24.9 Å². The van der Waals surface area contributed by atoms with Crippen LogP contribution in [-0.4, -0.2) is 4.98 Å². The molecule has 0 saturated carbocycles. The van der Waals surface area contributed by atoms with E-state index in [9.17, 15) is 4.39 Å². The number of anilines is 1. The summed E-state index contributed by atoms with van der Waals surface area (Å²) in [5.41, 5.74) is 12.2. The van der Waals surface area contributed by atoms with Gasteiger partial charge in [-0.3, -0.25) is 0 Å². The Balaban J connectivity index is 0.00000220. The molecule has 0 spiro atoms. The van der Waals surface area contributed by atoms with Gasteiger partial charge < -0.3 is 16.2 Å². The molecule has 0 bridgehead atoms. The molecule has 1 heterocycles. The van der Waals surface area contributed by atoms with Crippen LogP contribution in [-0.2, 0) is 0 Å². The molecule has 22 heavy (non-hydrogen) atoms. The summed E-state index contributed by atoms with van der Waals surface area (Å²) in [6.07, 6.45) is 2.03. The lowest BCUT2D eigenvalue weighted by Crippen LogP contribution is -2.11. The molecule has 1 aromatic heterocycles. The predicted octanol–water partition coefficient (Wildman–Crippen LogP) is 4.50. The highest BCUT2D eigenvalue weighted by Gasteiger charge is 2.18. The molecule has 0 unspecified atom stereocenters. The molecule has 0 aliphatic heterocycles. The van der Waals surface area contributed by atoms with Crippen molar-refractivity contribution in [2.45, 2.75) is 19.4 Å². The lowest BCUT2D eigenvalue weighted by Gasteiger charge is -2.14. The van der Waals surface area contributed by atoms with E-state index in [0.717, 1.165) is 0 Å².